The number of nitrogens with zero attached hydrogens (tertiary/aromatic N) is 2. The highest BCUT2D eigenvalue weighted by Crippen LogP contribution is 2.28. The molecule has 0 atom stereocenters. The monoisotopic (exact) mass is 390 g/mol. The highest BCUT2D eigenvalue weighted by Gasteiger charge is 2.30. The summed E-state index contributed by atoms with van der Waals surface area (Å²) >= 11 is 8.32. The summed E-state index contributed by atoms with van der Waals surface area (Å²) in [6.45, 7) is 2.20. The largest absolute Gasteiger partial charge is 0.293 e. The van der Waals surface area contributed by atoms with Crippen molar-refractivity contribution in [2.75, 3.05) is 32.7 Å². The van der Waals surface area contributed by atoms with Crippen LogP contribution in [0.5, 0.6) is 0 Å². The zero-order valence-corrected chi connectivity index (χ0v) is 15.3. The lowest BCUT2D eigenvalue weighted by molar-refractivity contribution is 0.0906. The third-order valence-electron chi connectivity index (χ3n) is 3.64. The maximum Gasteiger partial charge on any atom is 0.252 e. The van der Waals surface area contributed by atoms with Gasteiger partial charge in [-0.05, 0) is 23.6 Å². The Balaban J connectivity index is 1.59. The third kappa shape index (κ3) is 3.84. The molecule has 0 unspecified atom stereocenters. The molecule has 0 bridgehead atoms. The number of thiophene rings is 2. The number of carbonyl (C=O) groups excluding carboxylic acids is 1. The van der Waals surface area contributed by atoms with Crippen LogP contribution in [-0.2, 0) is 10.0 Å². The predicted molar refractivity (Wildman–Crippen MR) is 93.2 cm³/mol. The van der Waals surface area contributed by atoms with Crippen LogP contribution in [-0.4, -0.2) is 56.1 Å². The van der Waals surface area contributed by atoms with E-state index in [-0.39, 0.29) is 9.99 Å². The minimum absolute atomic E-state index is 0.0846. The number of piperazine rings is 1. The van der Waals surface area contributed by atoms with Crippen molar-refractivity contribution in [1.29, 1.82) is 0 Å². The van der Waals surface area contributed by atoms with Gasteiger partial charge in [0, 0.05) is 26.2 Å². The molecule has 1 saturated heterocycles. The molecule has 5 nitrogen and oxygen atoms in total. The van der Waals surface area contributed by atoms with Crippen molar-refractivity contribution in [3.63, 3.8) is 0 Å². The number of rotatable bonds is 5. The molecule has 124 valence electrons. The van der Waals surface area contributed by atoms with Gasteiger partial charge in [-0.3, -0.25) is 9.69 Å². The van der Waals surface area contributed by atoms with Crippen molar-refractivity contribution in [3.8, 4) is 0 Å². The molecule has 9 heteroatoms. The van der Waals surface area contributed by atoms with E-state index in [1.807, 2.05) is 22.4 Å². The number of ketones is 1. The van der Waals surface area contributed by atoms with E-state index >= 15 is 0 Å². The topological polar surface area (TPSA) is 57.7 Å². The molecule has 2 aromatic rings. The van der Waals surface area contributed by atoms with Crippen LogP contribution in [0.2, 0.25) is 4.34 Å². The maximum absolute atomic E-state index is 12.5. The van der Waals surface area contributed by atoms with Crippen molar-refractivity contribution in [2.45, 2.75) is 4.21 Å². The summed E-state index contributed by atoms with van der Waals surface area (Å²) in [4.78, 5) is 14.8. The van der Waals surface area contributed by atoms with Gasteiger partial charge in [0.2, 0.25) is 0 Å². The molecule has 0 amide bonds. The van der Waals surface area contributed by atoms with E-state index in [2.05, 4.69) is 0 Å². The quantitative estimate of drug-likeness (QED) is 0.736. The standard InChI is InChI=1S/C14H15ClN2O3S3/c15-13-3-4-14(22-13)23(19,20)17-7-5-16(6-8-17)10-11(18)12-2-1-9-21-12/h1-4,9H,5-8,10H2. The number of sulfonamides is 1. The lowest BCUT2D eigenvalue weighted by Crippen LogP contribution is -2.49. The molecule has 23 heavy (non-hydrogen) atoms. The molecule has 1 aliphatic heterocycles. The number of carbonyl (C=O) groups is 1. The molecule has 0 saturated carbocycles. The number of Topliss-reactive ketones (excluding diaryl/α,β-unsaturated/α-hetero) is 1. The smallest absolute Gasteiger partial charge is 0.252 e. The van der Waals surface area contributed by atoms with Crippen LogP contribution in [0.1, 0.15) is 9.67 Å². The second-order valence-corrected chi connectivity index (χ2v) is 9.97. The normalized spacial score (nSPS) is 17.4. The summed E-state index contributed by atoms with van der Waals surface area (Å²) in [7, 11) is -3.48. The fourth-order valence-corrected chi connectivity index (χ4v) is 6.13. The molecular formula is C14H15ClN2O3S3. The zero-order valence-electron chi connectivity index (χ0n) is 12.1. The van der Waals surface area contributed by atoms with Gasteiger partial charge in [0.1, 0.15) is 4.21 Å². The SMILES string of the molecule is O=C(CN1CCN(S(=O)(=O)c2ccc(Cl)s2)CC1)c1cccs1. The molecule has 0 radical (unpaired) electrons. The van der Waals surface area contributed by atoms with Gasteiger partial charge >= 0.3 is 0 Å². The van der Waals surface area contributed by atoms with E-state index in [9.17, 15) is 13.2 Å². The Hall–Kier alpha value is -0.770. The van der Waals surface area contributed by atoms with E-state index in [4.69, 9.17) is 11.6 Å². The molecule has 3 heterocycles. The van der Waals surface area contributed by atoms with E-state index in [0.717, 1.165) is 16.2 Å². The van der Waals surface area contributed by atoms with Crippen molar-refractivity contribution in [1.82, 2.24) is 9.21 Å². The number of halogens is 1. The minimum Gasteiger partial charge on any atom is -0.293 e. The molecular weight excluding hydrogens is 376 g/mol. The van der Waals surface area contributed by atoms with Gasteiger partial charge < -0.3 is 0 Å². The Kier molecular flexibility index (Phi) is 5.19. The summed E-state index contributed by atoms with van der Waals surface area (Å²) in [5.41, 5.74) is 0. The van der Waals surface area contributed by atoms with Crippen molar-refractivity contribution in [2.24, 2.45) is 0 Å². The molecule has 1 fully saturated rings. The van der Waals surface area contributed by atoms with E-state index < -0.39 is 10.0 Å². The highest BCUT2D eigenvalue weighted by atomic mass is 35.5. The van der Waals surface area contributed by atoms with Gasteiger partial charge in [-0.25, -0.2) is 8.42 Å². The zero-order chi connectivity index (χ0) is 16.4. The minimum atomic E-state index is -3.48. The van der Waals surface area contributed by atoms with Crippen LogP contribution >= 0.6 is 34.3 Å². The lowest BCUT2D eigenvalue weighted by Gasteiger charge is -2.33. The number of hydrogen-bond donors (Lipinski definition) is 0. The Morgan fingerprint density at radius 2 is 1.91 bits per heavy atom. The third-order valence-corrected chi connectivity index (χ3v) is 8.15. The fourth-order valence-electron chi connectivity index (χ4n) is 2.41. The van der Waals surface area contributed by atoms with Crippen molar-refractivity contribution in [3.05, 3.63) is 38.9 Å². The van der Waals surface area contributed by atoms with Gasteiger partial charge in [-0.1, -0.05) is 17.7 Å². The average Bonchev–Trinajstić information content (AvgIpc) is 3.19. The summed E-state index contributed by atoms with van der Waals surface area (Å²) in [6, 6.07) is 6.80. The highest BCUT2D eigenvalue weighted by molar-refractivity contribution is 7.91. The van der Waals surface area contributed by atoms with Crippen LogP contribution < -0.4 is 0 Å². The van der Waals surface area contributed by atoms with Gasteiger partial charge in [0.15, 0.2) is 5.78 Å². The van der Waals surface area contributed by atoms with Gasteiger partial charge in [-0.2, -0.15) is 4.31 Å². The number of hydrogen-bond acceptors (Lipinski definition) is 6. The van der Waals surface area contributed by atoms with E-state index in [0.29, 0.717) is 37.1 Å². The van der Waals surface area contributed by atoms with Crippen LogP contribution in [0.4, 0.5) is 0 Å². The first-order valence-corrected chi connectivity index (χ1v) is 10.5. The average molecular weight is 391 g/mol. The molecule has 0 aromatic carbocycles. The Morgan fingerprint density at radius 3 is 2.48 bits per heavy atom. The fraction of sp³-hybridized carbons (Fsp3) is 0.357. The molecule has 3 rings (SSSR count). The van der Waals surface area contributed by atoms with E-state index in [1.54, 1.807) is 6.07 Å². The van der Waals surface area contributed by atoms with Crippen LogP contribution in [0, 0.1) is 0 Å². The second-order valence-electron chi connectivity index (χ2n) is 5.14. The molecule has 2 aromatic heterocycles. The lowest BCUT2D eigenvalue weighted by atomic mass is 10.2. The molecule has 0 N–H and O–H groups in total. The van der Waals surface area contributed by atoms with Gasteiger partial charge in [0.25, 0.3) is 10.0 Å². The molecule has 0 aliphatic carbocycles. The summed E-state index contributed by atoms with van der Waals surface area (Å²) in [6.07, 6.45) is 0. The van der Waals surface area contributed by atoms with Crippen molar-refractivity contribution >= 4 is 50.1 Å². The summed E-state index contributed by atoms with van der Waals surface area (Å²) in [5, 5.41) is 1.88. The maximum atomic E-state index is 12.5. The predicted octanol–water partition coefficient (Wildman–Crippen LogP) is 2.65. The Bertz CT molecular complexity index is 778. The van der Waals surface area contributed by atoms with Crippen molar-refractivity contribution < 1.29 is 13.2 Å². The summed E-state index contributed by atoms with van der Waals surface area (Å²) < 4.78 is 27.2. The van der Waals surface area contributed by atoms with Gasteiger partial charge in [-0.15, -0.1) is 22.7 Å². The van der Waals surface area contributed by atoms with Crippen LogP contribution in [0.15, 0.2) is 33.9 Å². The second kappa shape index (κ2) is 7.00. The molecule has 1 aliphatic rings. The Morgan fingerprint density at radius 1 is 1.17 bits per heavy atom. The molecule has 0 spiro atoms. The van der Waals surface area contributed by atoms with Crippen LogP contribution in [0.3, 0.4) is 0 Å². The first kappa shape index (κ1) is 17.1. The summed E-state index contributed by atoms with van der Waals surface area (Å²) in [5.74, 6) is 0.0846. The first-order valence-electron chi connectivity index (χ1n) is 7.01. The van der Waals surface area contributed by atoms with Gasteiger partial charge in [0.05, 0.1) is 15.8 Å². The Labute approximate surface area is 148 Å². The first-order chi connectivity index (χ1) is 11.0. The van der Waals surface area contributed by atoms with Crippen LogP contribution in [0.25, 0.3) is 0 Å². The van der Waals surface area contributed by atoms with E-state index in [1.165, 1.54) is 21.7 Å².